The molecule has 3 N–H and O–H groups in total. The molecule has 0 aliphatic heterocycles. The Bertz CT molecular complexity index is 1030. The van der Waals surface area contributed by atoms with E-state index in [1.807, 2.05) is 6.07 Å². The first-order chi connectivity index (χ1) is 14.4. The van der Waals surface area contributed by atoms with Gasteiger partial charge in [0.15, 0.2) is 5.78 Å². The molecule has 0 aliphatic rings. The zero-order chi connectivity index (χ0) is 21.5. The predicted molar refractivity (Wildman–Crippen MR) is 111 cm³/mol. The van der Waals surface area contributed by atoms with E-state index in [2.05, 4.69) is 5.32 Å². The molecule has 0 bridgehead atoms. The lowest BCUT2D eigenvalue weighted by Crippen LogP contribution is -2.46. The highest BCUT2D eigenvalue weighted by atomic mass is 19.1. The van der Waals surface area contributed by atoms with Crippen LogP contribution in [-0.4, -0.2) is 23.6 Å². The van der Waals surface area contributed by atoms with E-state index >= 15 is 0 Å². The summed E-state index contributed by atoms with van der Waals surface area (Å²) in [6.07, 6.45) is 0.207. The van der Waals surface area contributed by atoms with Gasteiger partial charge in [0.25, 0.3) is 0 Å². The average molecular weight is 404 g/mol. The summed E-state index contributed by atoms with van der Waals surface area (Å²) in [4.78, 5) is 36.5. The number of benzene rings is 3. The van der Waals surface area contributed by atoms with E-state index in [4.69, 9.17) is 5.73 Å². The molecule has 30 heavy (non-hydrogen) atoms. The smallest absolute Gasteiger partial charge is 0.240 e. The van der Waals surface area contributed by atoms with Crippen molar-refractivity contribution < 1.29 is 18.8 Å². The van der Waals surface area contributed by atoms with Gasteiger partial charge in [0.2, 0.25) is 11.8 Å². The molecule has 3 rings (SSSR count). The molecule has 0 saturated carbocycles. The van der Waals surface area contributed by atoms with E-state index in [9.17, 15) is 18.8 Å². The third-order valence-corrected chi connectivity index (χ3v) is 4.65. The molecule has 0 radical (unpaired) electrons. The minimum Gasteiger partial charge on any atom is -0.368 e. The van der Waals surface area contributed by atoms with Gasteiger partial charge in [0, 0.05) is 17.5 Å². The number of nitrogens with one attached hydrogen (secondary N) is 1. The Morgan fingerprint density at radius 2 is 1.37 bits per heavy atom. The fourth-order valence-electron chi connectivity index (χ4n) is 3.04. The molecular formula is C24H21FN2O3. The van der Waals surface area contributed by atoms with Crippen LogP contribution in [0.2, 0.25) is 0 Å². The Labute approximate surface area is 173 Å². The fraction of sp³-hybridized carbons (Fsp3) is 0.125. The fourth-order valence-corrected chi connectivity index (χ4v) is 3.04. The van der Waals surface area contributed by atoms with Crippen LogP contribution in [0.3, 0.4) is 0 Å². The van der Waals surface area contributed by atoms with E-state index in [1.165, 1.54) is 24.3 Å². The molecule has 1 atom stereocenters. The average Bonchev–Trinajstić information content (AvgIpc) is 2.75. The van der Waals surface area contributed by atoms with Gasteiger partial charge in [0.1, 0.15) is 11.9 Å². The summed E-state index contributed by atoms with van der Waals surface area (Å²) in [6.45, 7) is 0. The summed E-state index contributed by atoms with van der Waals surface area (Å²) in [6, 6.07) is 20.4. The third kappa shape index (κ3) is 5.61. The van der Waals surface area contributed by atoms with Gasteiger partial charge in [-0.3, -0.25) is 14.4 Å². The molecule has 3 aromatic carbocycles. The van der Waals surface area contributed by atoms with Crippen LogP contribution >= 0.6 is 0 Å². The molecule has 0 aliphatic carbocycles. The van der Waals surface area contributed by atoms with Crippen molar-refractivity contribution in [2.24, 2.45) is 5.73 Å². The largest absolute Gasteiger partial charge is 0.368 e. The van der Waals surface area contributed by atoms with Crippen molar-refractivity contribution in [3.05, 3.63) is 107 Å². The number of amides is 2. The lowest BCUT2D eigenvalue weighted by Gasteiger charge is -2.16. The van der Waals surface area contributed by atoms with Gasteiger partial charge >= 0.3 is 0 Å². The van der Waals surface area contributed by atoms with Crippen LogP contribution in [0.5, 0.6) is 0 Å². The molecule has 0 unspecified atom stereocenters. The van der Waals surface area contributed by atoms with Crippen LogP contribution in [0.15, 0.2) is 78.9 Å². The number of rotatable bonds is 8. The molecule has 0 aromatic heterocycles. The maximum Gasteiger partial charge on any atom is 0.240 e. The molecule has 6 heteroatoms. The number of nitrogens with two attached hydrogens (primary N) is 1. The molecule has 3 aromatic rings. The summed E-state index contributed by atoms with van der Waals surface area (Å²) in [7, 11) is 0. The van der Waals surface area contributed by atoms with Crippen molar-refractivity contribution in [3.63, 3.8) is 0 Å². The van der Waals surface area contributed by atoms with Crippen molar-refractivity contribution in [3.8, 4) is 0 Å². The quantitative estimate of drug-likeness (QED) is 0.566. The van der Waals surface area contributed by atoms with E-state index in [0.717, 1.165) is 5.56 Å². The number of hydrogen-bond acceptors (Lipinski definition) is 3. The van der Waals surface area contributed by atoms with E-state index < -0.39 is 11.9 Å². The zero-order valence-electron chi connectivity index (χ0n) is 16.2. The predicted octanol–water partition coefficient (Wildman–Crippen LogP) is 2.81. The Hall–Kier alpha value is -3.80. The first kappa shape index (κ1) is 20.9. The van der Waals surface area contributed by atoms with Crippen molar-refractivity contribution >= 4 is 17.6 Å². The molecule has 5 nitrogen and oxygen atoms in total. The van der Waals surface area contributed by atoms with Crippen LogP contribution in [0, 0.1) is 5.82 Å². The Morgan fingerprint density at radius 1 is 0.800 bits per heavy atom. The topological polar surface area (TPSA) is 89.3 Å². The summed E-state index contributed by atoms with van der Waals surface area (Å²) in [5.41, 5.74) is 7.94. The lowest BCUT2D eigenvalue weighted by molar-refractivity contribution is -0.127. The van der Waals surface area contributed by atoms with Gasteiger partial charge in [-0.05, 0) is 23.3 Å². The normalized spacial score (nSPS) is 11.5. The molecule has 0 saturated heterocycles. The molecule has 0 heterocycles. The first-order valence-electron chi connectivity index (χ1n) is 9.44. The maximum atomic E-state index is 13.0. The van der Waals surface area contributed by atoms with E-state index in [0.29, 0.717) is 16.7 Å². The first-order valence-corrected chi connectivity index (χ1v) is 9.44. The zero-order valence-corrected chi connectivity index (χ0v) is 16.2. The van der Waals surface area contributed by atoms with Gasteiger partial charge in [-0.2, -0.15) is 0 Å². The Kier molecular flexibility index (Phi) is 6.70. The lowest BCUT2D eigenvalue weighted by atomic mass is 9.99. The summed E-state index contributed by atoms with van der Waals surface area (Å²) < 4.78 is 13.0. The van der Waals surface area contributed by atoms with Crippen molar-refractivity contribution in [1.82, 2.24) is 5.32 Å². The molecule has 2 amide bonds. The van der Waals surface area contributed by atoms with Gasteiger partial charge in [-0.25, -0.2) is 4.39 Å². The molecule has 152 valence electrons. The number of ketones is 1. The monoisotopic (exact) mass is 404 g/mol. The van der Waals surface area contributed by atoms with Crippen LogP contribution in [0.1, 0.15) is 27.0 Å². The second kappa shape index (κ2) is 9.60. The Balaban J connectivity index is 1.63. The molecule has 0 fully saturated rings. The van der Waals surface area contributed by atoms with Crippen LogP contribution in [-0.2, 0) is 22.4 Å². The van der Waals surface area contributed by atoms with Crippen molar-refractivity contribution in [1.29, 1.82) is 0 Å². The molecule has 0 spiro atoms. The third-order valence-electron chi connectivity index (χ3n) is 4.65. The summed E-state index contributed by atoms with van der Waals surface area (Å²) in [5.74, 6) is -1.53. The number of hydrogen-bond donors (Lipinski definition) is 2. The van der Waals surface area contributed by atoms with Crippen LogP contribution in [0.4, 0.5) is 4.39 Å². The van der Waals surface area contributed by atoms with E-state index in [-0.39, 0.29) is 30.3 Å². The highest BCUT2D eigenvalue weighted by Gasteiger charge is 2.19. The number of halogens is 1. The second-order valence-corrected chi connectivity index (χ2v) is 6.92. The van der Waals surface area contributed by atoms with Crippen LogP contribution < -0.4 is 11.1 Å². The van der Waals surface area contributed by atoms with Crippen molar-refractivity contribution in [2.75, 3.05) is 0 Å². The van der Waals surface area contributed by atoms with Gasteiger partial charge in [-0.1, -0.05) is 66.7 Å². The van der Waals surface area contributed by atoms with Gasteiger partial charge < -0.3 is 11.1 Å². The number of carbonyl (C=O) groups is 3. The summed E-state index contributed by atoms with van der Waals surface area (Å²) >= 11 is 0. The minimum atomic E-state index is -0.895. The van der Waals surface area contributed by atoms with Gasteiger partial charge in [0.05, 0.1) is 6.42 Å². The Morgan fingerprint density at radius 3 is 1.97 bits per heavy atom. The number of primary amides is 1. The standard InChI is InChI=1S/C24H21FN2O3/c25-20-12-8-17(9-13-20)15-22(28)27-21(24(26)30)14-16-6-10-19(11-7-16)23(29)18-4-2-1-3-5-18/h1-13,21H,14-15H2,(H2,26,30)(H,27,28)/t21-/m0/s1. The van der Waals surface area contributed by atoms with Crippen molar-refractivity contribution in [2.45, 2.75) is 18.9 Å². The molecular weight excluding hydrogens is 383 g/mol. The van der Waals surface area contributed by atoms with E-state index in [1.54, 1.807) is 48.5 Å². The van der Waals surface area contributed by atoms with Crippen LogP contribution in [0.25, 0.3) is 0 Å². The highest BCUT2D eigenvalue weighted by molar-refractivity contribution is 6.08. The number of carbonyl (C=O) groups excluding carboxylic acids is 3. The highest BCUT2D eigenvalue weighted by Crippen LogP contribution is 2.12. The summed E-state index contributed by atoms with van der Waals surface area (Å²) in [5, 5.41) is 2.62. The maximum absolute atomic E-state index is 13.0. The van der Waals surface area contributed by atoms with Gasteiger partial charge in [-0.15, -0.1) is 0 Å². The SMILES string of the molecule is NC(=O)[C@H](Cc1ccc(C(=O)c2ccccc2)cc1)NC(=O)Cc1ccc(F)cc1. The minimum absolute atomic E-state index is 0.00851. The second-order valence-electron chi connectivity index (χ2n) is 6.92.